The Balaban J connectivity index is 0.00000242. The third-order valence-corrected chi connectivity index (χ3v) is 4.32. The molecule has 0 heterocycles. The molecule has 2 aromatic carbocycles. The Labute approximate surface area is 134 Å². The lowest BCUT2D eigenvalue weighted by atomic mass is 10.3. The number of benzene rings is 2. The zero-order valence-electron chi connectivity index (χ0n) is 11.6. The SMILES string of the molecule is C[NH+](NS(=O)(=O)c1ccc([N+](=O)[O-])cc1)c1ccccc1.[Cl-]. The maximum atomic E-state index is 12.2. The normalized spacial score (nSPS) is 12.2. The number of sulfonamides is 1. The van der Waals surface area contributed by atoms with Gasteiger partial charge >= 0.3 is 0 Å². The maximum absolute atomic E-state index is 12.2. The van der Waals surface area contributed by atoms with Crippen LogP contribution in [0.2, 0.25) is 0 Å². The fraction of sp³-hybridized carbons (Fsp3) is 0.0769. The minimum absolute atomic E-state index is 0. The summed E-state index contributed by atoms with van der Waals surface area (Å²) in [5, 5.41) is 11.0. The van der Waals surface area contributed by atoms with Gasteiger partial charge in [0.2, 0.25) is 0 Å². The first-order valence-electron chi connectivity index (χ1n) is 6.06. The van der Waals surface area contributed by atoms with E-state index < -0.39 is 14.9 Å². The number of nitrogens with zero attached hydrogens (tertiary/aromatic N) is 1. The second kappa shape index (κ2) is 7.32. The molecule has 7 nitrogen and oxygen atoms in total. The molecule has 0 amide bonds. The van der Waals surface area contributed by atoms with Crippen LogP contribution in [0.1, 0.15) is 0 Å². The minimum Gasteiger partial charge on any atom is -1.00 e. The molecule has 0 bridgehead atoms. The number of halogens is 1. The molecule has 0 spiro atoms. The van der Waals surface area contributed by atoms with E-state index in [2.05, 4.69) is 4.83 Å². The Morgan fingerprint density at radius 1 is 1.05 bits per heavy atom. The van der Waals surface area contributed by atoms with Crippen molar-refractivity contribution in [1.29, 1.82) is 0 Å². The van der Waals surface area contributed by atoms with E-state index in [9.17, 15) is 18.5 Å². The van der Waals surface area contributed by atoms with Crippen molar-refractivity contribution in [3.63, 3.8) is 0 Å². The fourth-order valence-corrected chi connectivity index (χ4v) is 2.89. The molecule has 1 atom stereocenters. The molecule has 0 aromatic heterocycles. The van der Waals surface area contributed by atoms with Crippen molar-refractivity contribution in [1.82, 2.24) is 4.83 Å². The van der Waals surface area contributed by atoms with Crippen molar-refractivity contribution in [2.45, 2.75) is 4.90 Å². The Morgan fingerprint density at radius 2 is 1.59 bits per heavy atom. The van der Waals surface area contributed by atoms with E-state index in [1.54, 1.807) is 31.3 Å². The van der Waals surface area contributed by atoms with Gasteiger partial charge in [-0.05, 0) is 17.0 Å². The molecule has 22 heavy (non-hydrogen) atoms. The standard InChI is InChI=1S/C13H13N3O4S.ClH/c1-15(11-5-3-2-4-6-11)14-21(19,20)13-9-7-12(8-10-13)16(17)18;/h2-10,14H,1H3;1H. The van der Waals surface area contributed by atoms with E-state index in [0.29, 0.717) is 5.01 Å². The van der Waals surface area contributed by atoms with Crippen LogP contribution >= 0.6 is 0 Å². The summed E-state index contributed by atoms with van der Waals surface area (Å²) in [7, 11) is -2.11. The molecule has 0 aliphatic carbocycles. The highest BCUT2D eigenvalue weighted by atomic mass is 35.5. The van der Waals surface area contributed by atoms with Crippen molar-refractivity contribution in [2.75, 3.05) is 7.05 Å². The average molecular weight is 344 g/mol. The number of para-hydroxylation sites is 1. The lowest BCUT2D eigenvalue weighted by Crippen LogP contribution is -3.11. The van der Waals surface area contributed by atoms with Gasteiger partial charge in [0.15, 0.2) is 5.69 Å². The van der Waals surface area contributed by atoms with Crippen LogP contribution < -0.4 is 22.2 Å². The summed E-state index contributed by atoms with van der Waals surface area (Å²) < 4.78 is 24.4. The van der Waals surface area contributed by atoms with Gasteiger partial charge in [-0.2, -0.15) is 0 Å². The second-order valence-corrected chi connectivity index (χ2v) is 6.03. The van der Waals surface area contributed by atoms with Crippen LogP contribution in [0.4, 0.5) is 11.4 Å². The van der Waals surface area contributed by atoms with Gasteiger partial charge < -0.3 is 12.4 Å². The van der Waals surface area contributed by atoms with E-state index in [1.807, 2.05) is 6.07 Å². The zero-order valence-corrected chi connectivity index (χ0v) is 13.1. The zero-order chi connectivity index (χ0) is 15.5. The predicted molar refractivity (Wildman–Crippen MR) is 76.4 cm³/mol. The van der Waals surface area contributed by atoms with E-state index >= 15 is 0 Å². The molecule has 0 fully saturated rings. The molecule has 0 aliphatic rings. The largest absolute Gasteiger partial charge is 1.00 e. The van der Waals surface area contributed by atoms with Crippen LogP contribution in [0.3, 0.4) is 0 Å². The second-order valence-electron chi connectivity index (χ2n) is 4.35. The summed E-state index contributed by atoms with van der Waals surface area (Å²) in [5.74, 6) is 0. The molecule has 9 heteroatoms. The van der Waals surface area contributed by atoms with Crippen LogP contribution in [0.5, 0.6) is 0 Å². The van der Waals surface area contributed by atoms with E-state index in [-0.39, 0.29) is 23.0 Å². The number of nitro benzene ring substituents is 1. The third kappa shape index (κ3) is 4.25. The van der Waals surface area contributed by atoms with Gasteiger partial charge in [0.05, 0.1) is 16.9 Å². The number of nitro groups is 1. The van der Waals surface area contributed by atoms with E-state index in [1.165, 1.54) is 12.1 Å². The van der Waals surface area contributed by atoms with Crippen LogP contribution in [0.25, 0.3) is 0 Å². The van der Waals surface area contributed by atoms with E-state index in [0.717, 1.165) is 17.8 Å². The van der Waals surface area contributed by atoms with Crippen molar-refractivity contribution >= 4 is 21.4 Å². The third-order valence-electron chi connectivity index (χ3n) is 2.85. The number of hydrogen-bond donors (Lipinski definition) is 2. The summed E-state index contributed by atoms with van der Waals surface area (Å²) in [6, 6.07) is 13.7. The fourth-order valence-electron chi connectivity index (χ4n) is 1.75. The van der Waals surface area contributed by atoms with Crippen molar-refractivity contribution in [3.05, 3.63) is 64.7 Å². The molecule has 0 saturated carbocycles. The lowest BCUT2D eigenvalue weighted by molar-refractivity contribution is -0.843. The number of nitrogens with one attached hydrogen (secondary N) is 2. The number of quaternary nitrogens is 1. The highest BCUT2D eigenvalue weighted by molar-refractivity contribution is 7.89. The topological polar surface area (TPSA) is 93.8 Å². The average Bonchev–Trinajstić information content (AvgIpc) is 2.48. The first-order valence-corrected chi connectivity index (χ1v) is 7.55. The molecule has 118 valence electrons. The Kier molecular flexibility index (Phi) is 6.01. The molecule has 2 aromatic rings. The summed E-state index contributed by atoms with van der Waals surface area (Å²) in [6.07, 6.45) is 0. The summed E-state index contributed by atoms with van der Waals surface area (Å²) >= 11 is 0. The van der Waals surface area contributed by atoms with Crippen LogP contribution in [0.15, 0.2) is 59.5 Å². The monoisotopic (exact) mass is 343 g/mol. The Morgan fingerprint density at radius 3 is 2.09 bits per heavy atom. The van der Waals surface area contributed by atoms with Crippen molar-refractivity contribution in [3.8, 4) is 0 Å². The van der Waals surface area contributed by atoms with Gasteiger partial charge in [-0.25, -0.2) is 13.4 Å². The van der Waals surface area contributed by atoms with Gasteiger partial charge in [0, 0.05) is 24.3 Å². The summed E-state index contributed by atoms with van der Waals surface area (Å²) in [6.45, 7) is 0. The predicted octanol–water partition coefficient (Wildman–Crippen LogP) is -2.36. The molecule has 0 radical (unpaired) electrons. The van der Waals surface area contributed by atoms with Gasteiger partial charge in [0.1, 0.15) is 0 Å². The number of hydrogen-bond acceptors (Lipinski definition) is 4. The van der Waals surface area contributed by atoms with Crippen LogP contribution in [0, 0.1) is 10.1 Å². The highest BCUT2D eigenvalue weighted by Crippen LogP contribution is 2.15. The van der Waals surface area contributed by atoms with Crippen LogP contribution in [-0.4, -0.2) is 20.4 Å². The molecular formula is C13H14ClN3O4S. The molecular weight excluding hydrogens is 330 g/mol. The first kappa shape index (κ1) is 18.1. The Bertz CT molecular complexity index is 736. The number of rotatable bonds is 5. The molecule has 2 N–H and O–H groups in total. The van der Waals surface area contributed by atoms with Crippen LogP contribution in [-0.2, 0) is 10.0 Å². The molecule has 0 aliphatic heterocycles. The van der Waals surface area contributed by atoms with Gasteiger partial charge in [-0.3, -0.25) is 10.1 Å². The van der Waals surface area contributed by atoms with Crippen molar-refractivity contribution < 1.29 is 30.8 Å². The highest BCUT2D eigenvalue weighted by Gasteiger charge is 2.21. The summed E-state index contributed by atoms with van der Waals surface area (Å²) in [4.78, 5) is 12.4. The minimum atomic E-state index is -3.76. The Hall–Kier alpha value is -2.00. The van der Waals surface area contributed by atoms with Crippen molar-refractivity contribution in [2.24, 2.45) is 0 Å². The molecule has 2 rings (SSSR count). The molecule has 1 unspecified atom stereocenters. The van der Waals surface area contributed by atoms with E-state index in [4.69, 9.17) is 0 Å². The van der Waals surface area contributed by atoms with Gasteiger partial charge in [0.25, 0.3) is 15.7 Å². The van der Waals surface area contributed by atoms with Gasteiger partial charge in [-0.1, -0.05) is 18.2 Å². The van der Waals surface area contributed by atoms with Gasteiger partial charge in [-0.15, -0.1) is 0 Å². The lowest BCUT2D eigenvalue weighted by Gasteiger charge is -2.14. The number of non-ortho nitro benzene ring substituents is 1. The molecule has 0 saturated heterocycles. The smallest absolute Gasteiger partial charge is 0.282 e. The first-order chi connectivity index (χ1) is 9.90. The quantitative estimate of drug-likeness (QED) is 0.469. The maximum Gasteiger partial charge on any atom is 0.282 e. The summed E-state index contributed by atoms with van der Waals surface area (Å²) in [5.41, 5.74) is 0.598.